The SMILES string of the molecule is Cc1[nH]cnc1CCNS(=O)NCC1CC(c2c(-c3ccc(F)cc3)[nH]c3c(F)cc(F)cc23)C1. The Morgan fingerprint density at radius 2 is 1.86 bits per heavy atom. The molecule has 0 amide bonds. The van der Waals surface area contributed by atoms with Gasteiger partial charge in [0, 0.05) is 36.7 Å². The zero-order chi connectivity index (χ0) is 24.5. The maximum absolute atomic E-state index is 14.5. The number of imidazole rings is 1. The molecule has 0 spiro atoms. The molecule has 0 saturated heterocycles. The molecule has 1 atom stereocenters. The maximum Gasteiger partial charge on any atom is 0.167 e. The summed E-state index contributed by atoms with van der Waals surface area (Å²) in [5.41, 5.74) is 4.44. The molecule has 184 valence electrons. The van der Waals surface area contributed by atoms with Crippen molar-refractivity contribution in [1.29, 1.82) is 0 Å². The van der Waals surface area contributed by atoms with Crippen LogP contribution in [0.15, 0.2) is 42.7 Å². The van der Waals surface area contributed by atoms with Gasteiger partial charge < -0.3 is 9.97 Å². The fraction of sp³-hybridized carbons (Fsp3) is 0.320. The predicted octanol–water partition coefficient (Wildman–Crippen LogP) is 4.78. The Morgan fingerprint density at radius 1 is 1.09 bits per heavy atom. The lowest BCUT2D eigenvalue weighted by atomic mass is 9.70. The van der Waals surface area contributed by atoms with Gasteiger partial charge in [-0.15, -0.1) is 0 Å². The van der Waals surface area contributed by atoms with E-state index in [-0.39, 0.29) is 23.2 Å². The molecule has 5 rings (SSSR count). The number of nitrogens with zero attached hydrogens (tertiary/aromatic N) is 1. The number of hydrogen-bond donors (Lipinski definition) is 4. The second-order valence-electron chi connectivity index (χ2n) is 9.00. The van der Waals surface area contributed by atoms with Crippen LogP contribution in [0.4, 0.5) is 13.2 Å². The second-order valence-corrected chi connectivity index (χ2v) is 10.1. The summed E-state index contributed by atoms with van der Waals surface area (Å²) in [6.45, 7) is 3.04. The molecule has 2 aromatic carbocycles. The molecule has 1 unspecified atom stereocenters. The fourth-order valence-corrected chi connectivity index (χ4v) is 5.57. The Kier molecular flexibility index (Phi) is 6.77. The van der Waals surface area contributed by atoms with Gasteiger partial charge in [0.15, 0.2) is 11.2 Å². The van der Waals surface area contributed by atoms with Gasteiger partial charge in [-0.05, 0) is 73.1 Å². The van der Waals surface area contributed by atoms with Crippen molar-refractivity contribution >= 4 is 22.1 Å². The largest absolute Gasteiger partial charge is 0.352 e. The van der Waals surface area contributed by atoms with Gasteiger partial charge >= 0.3 is 0 Å². The average Bonchev–Trinajstić information content (AvgIpc) is 3.37. The van der Waals surface area contributed by atoms with Crippen LogP contribution in [0.25, 0.3) is 22.2 Å². The molecular formula is C25H26F3N5OS. The van der Waals surface area contributed by atoms with E-state index < -0.39 is 22.8 Å². The highest BCUT2D eigenvalue weighted by molar-refractivity contribution is 7.81. The van der Waals surface area contributed by atoms with Gasteiger partial charge in [-0.2, -0.15) is 0 Å². The van der Waals surface area contributed by atoms with Crippen LogP contribution in [0.5, 0.6) is 0 Å². The van der Waals surface area contributed by atoms with Crippen molar-refractivity contribution in [2.24, 2.45) is 5.92 Å². The van der Waals surface area contributed by atoms with Crippen molar-refractivity contribution in [2.75, 3.05) is 13.1 Å². The number of aromatic amines is 2. The zero-order valence-corrected chi connectivity index (χ0v) is 19.9. The van der Waals surface area contributed by atoms with Crippen molar-refractivity contribution in [3.05, 3.63) is 77.1 Å². The summed E-state index contributed by atoms with van der Waals surface area (Å²) in [7, 11) is 0. The smallest absolute Gasteiger partial charge is 0.167 e. The quantitative estimate of drug-likeness (QED) is 0.266. The fourth-order valence-electron chi connectivity index (χ4n) is 4.79. The Bertz CT molecular complexity index is 1360. The summed E-state index contributed by atoms with van der Waals surface area (Å²) in [4.78, 5) is 10.3. The van der Waals surface area contributed by atoms with Gasteiger partial charge in [0.1, 0.15) is 17.5 Å². The van der Waals surface area contributed by atoms with E-state index in [0.717, 1.165) is 41.4 Å². The van der Waals surface area contributed by atoms with E-state index in [1.165, 1.54) is 18.2 Å². The van der Waals surface area contributed by atoms with E-state index in [1.54, 1.807) is 18.5 Å². The van der Waals surface area contributed by atoms with Crippen LogP contribution in [0.3, 0.4) is 0 Å². The molecule has 1 aliphatic rings. The molecule has 0 aliphatic heterocycles. The van der Waals surface area contributed by atoms with E-state index in [0.29, 0.717) is 30.6 Å². The first-order valence-corrected chi connectivity index (χ1v) is 12.7. The summed E-state index contributed by atoms with van der Waals surface area (Å²) in [6, 6.07) is 8.18. The van der Waals surface area contributed by atoms with Crippen LogP contribution >= 0.6 is 0 Å². The van der Waals surface area contributed by atoms with E-state index in [4.69, 9.17) is 0 Å². The van der Waals surface area contributed by atoms with Crippen molar-refractivity contribution < 1.29 is 17.4 Å². The molecule has 1 saturated carbocycles. The van der Waals surface area contributed by atoms with Crippen LogP contribution in [0.1, 0.15) is 35.7 Å². The number of fused-ring (bicyclic) bond motifs is 1. The van der Waals surface area contributed by atoms with Crippen LogP contribution < -0.4 is 9.44 Å². The van der Waals surface area contributed by atoms with Crippen molar-refractivity contribution in [3.8, 4) is 11.3 Å². The lowest BCUT2D eigenvalue weighted by Gasteiger charge is -2.36. The van der Waals surface area contributed by atoms with Crippen LogP contribution in [0.2, 0.25) is 0 Å². The van der Waals surface area contributed by atoms with Gasteiger partial charge in [0.25, 0.3) is 0 Å². The van der Waals surface area contributed by atoms with E-state index in [9.17, 15) is 17.4 Å². The standard InChI is InChI=1S/C25H26F3N5OS/c1-14-22(30-13-29-14)6-7-31-35(34)32-12-15-8-17(9-15)23-20-10-19(27)11-21(28)25(20)33-24(23)16-2-4-18(26)5-3-16/h2-5,10-11,13,15,17,31-33H,6-9,12H2,1H3,(H,29,30). The Balaban J connectivity index is 1.24. The van der Waals surface area contributed by atoms with E-state index in [2.05, 4.69) is 24.4 Å². The topological polar surface area (TPSA) is 85.6 Å². The number of benzene rings is 2. The second kappa shape index (κ2) is 9.96. The minimum absolute atomic E-state index is 0.0841. The summed E-state index contributed by atoms with van der Waals surface area (Å²) < 4.78 is 60.3. The number of hydrogen-bond acceptors (Lipinski definition) is 2. The summed E-state index contributed by atoms with van der Waals surface area (Å²) >= 11 is -1.37. The molecule has 2 aromatic heterocycles. The monoisotopic (exact) mass is 501 g/mol. The highest BCUT2D eigenvalue weighted by atomic mass is 32.2. The normalized spacial score (nSPS) is 18.6. The van der Waals surface area contributed by atoms with Crippen molar-refractivity contribution in [2.45, 2.75) is 32.1 Å². The average molecular weight is 502 g/mol. The number of aromatic nitrogens is 3. The first-order chi connectivity index (χ1) is 16.9. The zero-order valence-electron chi connectivity index (χ0n) is 19.1. The summed E-state index contributed by atoms with van der Waals surface area (Å²) in [6.07, 6.45) is 3.89. The van der Waals surface area contributed by atoms with Gasteiger partial charge in [-0.3, -0.25) is 0 Å². The molecule has 35 heavy (non-hydrogen) atoms. The van der Waals surface area contributed by atoms with Gasteiger partial charge in [-0.25, -0.2) is 31.8 Å². The molecule has 4 aromatic rings. The minimum Gasteiger partial charge on any atom is -0.352 e. The summed E-state index contributed by atoms with van der Waals surface area (Å²) in [5.74, 6) is -1.28. The molecule has 4 N–H and O–H groups in total. The molecular weight excluding hydrogens is 475 g/mol. The highest BCUT2D eigenvalue weighted by Crippen LogP contribution is 2.48. The number of halogens is 3. The van der Waals surface area contributed by atoms with Crippen LogP contribution in [0, 0.1) is 30.3 Å². The molecule has 0 bridgehead atoms. The van der Waals surface area contributed by atoms with Gasteiger partial charge in [-0.1, -0.05) is 0 Å². The molecule has 2 heterocycles. The Hall–Kier alpha value is -2.95. The lowest BCUT2D eigenvalue weighted by Crippen LogP contribution is -2.38. The minimum atomic E-state index is -1.37. The molecule has 1 fully saturated rings. The number of nitrogens with one attached hydrogen (secondary N) is 4. The van der Waals surface area contributed by atoms with Gasteiger partial charge in [0.2, 0.25) is 0 Å². The first-order valence-electron chi connectivity index (χ1n) is 11.5. The van der Waals surface area contributed by atoms with Crippen LogP contribution in [-0.4, -0.2) is 32.3 Å². The number of rotatable bonds is 9. The highest BCUT2D eigenvalue weighted by Gasteiger charge is 2.34. The third kappa shape index (κ3) is 5.05. The third-order valence-electron chi connectivity index (χ3n) is 6.67. The third-order valence-corrected chi connectivity index (χ3v) is 7.57. The predicted molar refractivity (Wildman–Crippen MR) is 130 cm³/mol. The van der Waals surface area contributed by atoms with E-state index in [1.807, 2.05) is 6.92 Å². The van der Waals surface area contributed by atoms with Crippen molar-refractivity contribution in [1.82, 2.24) is 24.4 Å². The molecule has 0 radical (unpaired) electrons. The van der Waals surface area contributed by atoms with E-state index >= 15 is 0 Å². The van der Waals surface area contributed by atoms with Crippen molar-refractivity contribution in [3.63, 3.8) is 0 Å². The first kappa shape index (κ1) is 23.8. The molecule has 1 aliphatic carbocycles. The molecule has 10 heteroatoms. The Morgan fingerprint density at radius 3 is 2.57 bits per heavy atom. The molecule has 6 nitrogen and oxygen atoms in total. The Labute approximate surface area is 203 Å². The summed E-state index contributed by atoms with van der Waals surface area (Å²) in [5, 5.41) is 0.511. The maximum atomic E-state index is 14.5. The van der Waals surface area contributed by atoms with Gasteiger partial charge in [0.05, 0.1) is 23.2 Å². The van der Waals surface area contributed by atoms with Crippen LogP contribution in [-0.2, 0) is 17.6 Å². The number of aryl methyl sites for hydroxylation is 1. The lowest BCUT2D eigenvalue weighted by molar-refractivity contribution is 0.268. The number of H-pyrrole nitrogens is 2.